The van der Waals surface area contributed by atoms with Crippen molar-refractivity contribution >= 4 is 33.0 Å². The van der Waals surface area contributed by atoms with Gasteiger partial charge < -0.3 is 5.32 Å². The smallest absolute Gasteiger partial charge is 0.224 e. The van der Waals surface area contributed by atoms with Gasteiger partial charge in [-0.3, -0.25) is 4.79 Å². The lowest BCUT2D eigenvalue weighted by Gasteiger charge is -2.10. The molecule has 0 unspecified atom stereocenters. The third-order valence-corrected chi connectivity index (χ3v) is 6.47. The van der Waals surface area contributed by atoms with Crippen LogP contribution in [0.2, 0.25) is 0 Å². The van der Waals surface area contributed by atoms with Gasteiger partial charge in [-0.15, -0.1) is 0 Å². The number of benzene rings is 2. The van der Waals surface area contributed by atoms with Crippen LogP contribution in [0.25, 0.3) is 0 Å². The summed E-state index contributed by atoms with van der Waals surface area (Å²) in [6.45, 7) is 7.50. The molecule has 1 amide bonds. The Labute approximate surface area is 179 Å². The lowest BCUT2D eigenvalue weighted by molar-refractivity contribution is -0.116. The van der Waals surface area contributed by atoms with E-state index in [1.54, 1.807) is 13.8 Å². The molecule has 2 aromatic rings. The number of carbonyl (C=O) groups is 1. The number of azo groups is 1. The van der Waals surface area contributed by atoms with Gasteiger partial charge in [0.2, 0.25) is 15.9 Å². The van der Waals surface area contributed by atoms with Crippen LogP contribution in [0.1, 0.15) is 44.2 Å². The summed E-state index contributed by atoms with van der Waals surface area (Å²) in [6, 6.07) is 13.3. The molecule has 2 aromatic carbocycles. The molecule has 0 heterocycles. The quantitative estimate of drug-likeness (QED) is 0.402. The van der Waals surface area contributed by atoms with Gasteiger partial charge in [0.15, 0.2) is 0 Å². The number of unbranched alkanes of at least 4 members (excludes halogenated alkanes) is 1. The average molecular weight is 431 g/mol. The standard InChI is InChI=1S/C22H30N4O3S/c1-16(2)30(28,29)23-14-8-7-11-22(27)24-20-13-12-19(15-18(20)4)25-26-21-10-6-5-9-17(21)3/h5-6,9-10,12-13,15-16,23H,7-8,11,14H2,1-4H3,(H,24,27). The molecule has 7 nitrogen and oxygen atoms in total. The number of amides is 1. The fraction of sp³-hybridized carbons (Fsp3) is 0.409. The fourth-order valence-corrected chi connectivity index (χ4v) is 3.40. The number of anilines is 1. The van der Waals surface area contributed by atoms with Crippen LogP contribution >= 0.6 is 0 Å². The number of nitrogens with one attached hydrogen (secondary N) is 2. The van der Waals surface area contributed by atoms with E-state index < -0.39 is 15.3 Å². The summed E-state index contributed by atoms with van der Waals surface area (Å²) in [5.41, 5.74) is 4.22. The molecule has 0 radical (unpaired) electrons. The summed E-state index contributed by atoms with van der Waals surface area (Å²) in [5.74, 6) is -0.0981. The van der Waals surface area contributed by atoms with E-state index in [1.807, 2.05) is 56.3 Å². The van der Waals surface area contributed by atoms with E-state index in [2.05, 4.69) is 20.3 Å². The first-order chi connectivity index (χ1) is 14.2. The van der Waals surface area contributed by atoms with Crippen LogP contribution in [-0.4, -0.2) is 26.1 Å². The Hall–Kier alpha value is -2.58. The molecule has 0 aliphatic carbocycles. The third kappa shape index (κ3) is 7.35. The van der Waals surface area contributed by atoms with Crippen molar-refractivity contribution in [1.82, 2.24) is 4.72 Å². The zero-order valence-electron chi connectivity index (χ0n) is 18.0. The van der Waals surface area contributed by atoms with Crippen molar-refractivity contribution in [2.75, 3.05) is 11.9 Å². The van der Waals surface area contributed by atoms with Gasteiger partial charge in [-0.25, -0.2) is 13.1 Å². The van der Waals surface area contributed by atoms with E-state index in [4.69, 9.17) is 0 Å². The average Bonchev–Trinajstić information content (AvgIpc) is 2.69. The van der Waals surface area contributed by atoms with E-state index in [0.29, 0.717) is 31.5 Å². The maximum atomic E-state index is 12.2. The number of carbonyl (C=O) groups excluding carboxylic acids is 1. The molecular weight excluding hydrogens is 400 g/mol. The van der Waals surface area contributed by atoms with Crippen molar-refractivity contribution in [3.63, 3.8) is 0 Å². The first-order valence-electron chi connectivity index (χ1n) is 10.1. The summed E-state index contributed by atoms with van der Waals surface area (Å²) in [7, 11) is -3.25. The molecule has 0 atom stereocenters. The number of aryl methyl sites for hydroxylation is 2. The van der Waals surface area contributed by atoms with Gasteiger partial charge >= 0.3 is 0 Å². The normalized spacial score (nSPS) is 11.9. The second-order valence-corrected chi connectivity index (χ2v) is 9.80. The van der Waals surface area contributed by atoms with Gasteiger partial charge in [-0.05, 0) is 75.9 Å². The number of nitrogens with zero attached hydrogens (tertiary/aromatic N) is 2. The predicted octanol–water partition coefficient (Wildman–Crippen LogP) is 5.16. The maximum absolute atomic E-state index is 12.2. The summed E-state index contributed by atoms with van der Waals surface area (Å²) in [4.78, 5) is 12.2. The zero-order valence-corrected chi connectivity index (χ0v) is 18.8. The van der Waals surface area contributed by atoms with E-state index in [9.17, 15) is 13.2 Å². The van der Waals surface area contributed by atoms with Gasteiger partial charge in [-0.1, -0.05) is 18.2 Å². The Balaban J connectivity index is 1.83. The highest BCUT2D eigenvalue weighted by atomic mass is 32.2. The van der Waals surface area contributed by atoms with Crippen LogP contribution in [0.4, 0.5) is 17.1 Å². The molecule has 0 bridgehead atoms. The number of rotatable bonds is 10. The predicted molar refractivity (Wildman–Crippen MR) is 121 cm³/mol. The van der Waals surface area contributed by atoms with Crippen LogP contribution in [0.15, 0.2) is 52.7 Å². The molecule has 30 heavy (non-hydrogen) atoms. The molecule has 162 valence electrons. The summed E-state index contributed by atoms with van der Waals surface area (Å²) < 4.78 is 25.9. The lowest BCUT2D eigenvalue weighted by atomic mass is 10.1. The van der Waals surface area contributed by atoms with E-state index in [-0.39, 0.29) is 5.91 Å². The molecule has 8 heteroatoms. The molecule has 0 saturated carbocycles. The second kappa shape index (κ2) is 11.0. The minimum absolute atomic E-state index is 0.0981. The van der Waals surface area contributed by atoms with Crippen LogP contribution in [0, 0.1) is 13.8 Å². The molecule has 2 rings (SSSR count). The zero-order chi connectivity index (χ0) is 22.1. The molecule has 0 spiro atoms. The van der Waals surface area contributed by atoms with Gasteiger partial charge in [0.05, 0.1) is 16.6 Å². The topological polar surface area (TPSA) is 100.0 Å². The van der Waals surface area contributed by atoms with Crippen LogP contribution in [0.5, 0.6) is 0 Å². The second-order valence-electron chi connectivity index (χ2n) is 7.48. The molecule has 0 aromatic heterocycles. The van der Waals surface area contributed by atoms with Crippen molar-refractivity contribution in [2.24, 2.45) is 10.2 Å². The van der Waals surface area contributed by atoms with Gasteiger partial charge in [0.1, 0.15) is 0 Å². The maximum Gasteiger partial charge on any atom is 0.224 e. The summed E-state index contributed by atoms with van der Waals surface area (Å²) in [5, 5.41) is 11.0. The van der Waals surface area contributed by atoms with Crippen LogP contribution < -0.4 is 10.0 Å². The molecule has 0 saturated heterocycles. The van der Waals surface area contributed by atoms with E-state index in [0.717, 1.165) is 22.5 Å². The van der Waals surface area contributed by atoms with Gasteiger partial charge in [0.25, 0.3) is 0 Å². The Kier molecular flexibility index (Phi) is 8.68. The van der Waals surface area contributed by atoms with Crippen molar-refractivity contribution in [3.8, 4) is 0 Å². The first kappa shape index (κ1) is 23.7. The SMILES string of the molecule is Cc1ccccc1N=Nc1ccc(NC(=O)CCCCNS(=O)(=O)C(C)C)c(C)c1. The highest BCUT2D eigenvalue weighted by molar-refractivity contribution is 7.90. The molecule has 0 fully saturated rings. The van der Waals surface area contributed by atoms with Crippen LogP contribution in [-0.2, 0) is 14.8 Å². The Bertz CT molecular complexity index is 1000. The number of hydrogen-bond acceptors (Lipinski definition) is 5. The fourth-order valence-electron chi connectivity index (χ4n) is 2.64. The molecule has 0 aliphatic heterocycles. The third-order valence-electron chi connectivity index (χ3n) is 4.63. The Morgan fingerprint density at radius 2 is 1.73 bits per heavy atom. The minimum Gasteiger partial charge on any atom is -0.326 e. The highest BCUT2D eigenvalue weighted by Gasteiger charge is 2.14. The Morgan fingerprint density at radius 3 is 2.40 bits per heavy atom. The number of hydrogen-bond donors (Lipinski definition) is 2. The van der Waals surface area contributed by atoms with Crippen molar-refractivity contribution < 1.29 is 13.2 Å². The van der Waals surface area contributed by atoms with Crippen molar-refractivity contribution in [2.45, 2.75) is 52.2 Å². The highest BCUT2D eigenvalue weighted by Crippen LogP contribution is 2.25. The van der Waals surface area contributed by atoms with E-state index in [1.165, 1.54) is 0 Å². The molecular formula is C22H30N4O3S. The Morgan fingerprint density at radius 1 is 1.00 bits per heavy atom. The van der Waals surface area contributed by atoms with Crippen molar-refractivity contribution in [3.05, 3.63) is 53.6 Å². The molecule has 0 aliphatic rings. The van der Waals surface area contributed by atoms with Gasteiger partial charge in [0, 0.05) is 18.7 Å². The van der Waals surface area contributed by atoms with Crippen molar-refractivity contribution in [1.29, 1.82) is 0 Å². The largest absolute Gasteiger partial charge is 0.326 e. The summed E-state index contributed by atoms with van der Waals surface area (Å²) in [6.07, 6.45) is 1.54. The lowest BCUT2D eigenvalue weighted by Crippen LogP contribution is -2.31. The van der Waals surface area contributed by atoms with Gasteiger partial charge in [-0.2, -0.15) is 10.2 Å². The number of sulfonamides is 1. The molecule has 2 N–H and O–H groups in total. The first-order valence-corrected chi connectivity index (χ1v) is 11.6. The van der Waals surface area contributed by atoms with Crippen LogP contribution in [0.3, 0.4) is 0 Å². The summed E-state index contributed by atoms with van der Waals surface area (Å²) >= 11 is 0. The van der Waals surface area contributed by atoms with E-state index >= 15 is 0 Å². The monoisotopic (exact) mass is 430 g/mol. The minimum atomic E-state index is -3.25.